The highest BCUT2D eigenvalue weighted by atomic mass is 32.2. The first-order chi connectivity index (χ1) is 9.59. The SMILES string of the molecule is CC1SCC(C(=O)O)N1C(=O)NCCN1CCNCC1. The molecule has 2 aliphatic rings. The Morgan fingerprint density at radius 2 is 2.10 bits per heavy atom. The summed E-state index contributed by atoms with van der Waals surface area (Å²) >= 11 is 1.50. The Morgan fingerprint density at radius 1 is 1.40 bits per heavy atom. The van der Waals surface area contributed by atoms with Crippen LogP contribution < -0.4 is 10.6 Å². The third-order valence-electron chi connectivity index (χ3n) is 3.66. The molecule has 2 rings (SSSR count). The third-order valence-corrected chi connectivity index (χ3v) is 4.87. The van der Waals surface area contributed by atoms with Crippen molar-refractivity contribution in [3.05, 3.63) is 0 Å². The number of carbonyl (C=O) groups excluding carboxylic acids is 1. The van der Waals surface area contributed by atoms with Crippen molar-refractivity contribution in [2.75, 3.05) is 45.0 Å². The molecule has 0 spiro atoms. The fourth-order valence-electron chi connectivity index (χ4n) is 2.49. The number of urea groups is 1. The van der Waals surface area contributed by atoms with Gasteiger partial charge in [-0.15, -0.1) is 11.8 Å². The number of aliphatic carboxylic acids is 1. The van der Waals surface area contributed by atoms with Gasteiger partial charge in [0, 0.05) is 45.0 Å². The van der Waals surface area contributed by atoms with E-state index in [2.05, 4.69) is 15.5 Å². The van der Waals surface area contributed by atoms with E-state index in [4.69, 9.17) is 5.11 Å². The van der Waals surface area contributed by atoms with E-state index in [9.17, 15) is 9.59 Å². The average Bonchev–Trinajstić information content (AvgIpc) is 2.82. The van der Waals surface area contributed by atoms with Gasteiger partial charge in [0.25, 0.3) is 0 Å². The number of carboxylic acid groups (broad SMARTS) is 1. The summed E-state index contributed by atoms with van der Waals surface area (Å²) in [5.74, 6) is -0.471. The second-order valence-corrected chi connectivity index (χ2v) is 6.37. The van der Waals surface area contributed by atoms with Gasteiger partial charge in [0.2, 0.25) is 0 Å². The largest absolute Gasteiger partial charge is 0.480 e. The van der Waals surface area contributed by atoms with Crippen LogP contribution in [-0.4, -0.2) is 83.3 Å². The molecule has 114 valence electrons. The highest BCUT2D eigenvalue weighted by molar-refractivity contribution is 8.00. The minimum atomic E-state index is -0.931. The Balaban J connectivity index is 1.76. The summed E-state index contributed by atoms with van der Waals surface area (Å²) in [4.78, 5) is 27.0. The van der Waals surface area contributed by atoms with Crippen LogP contribution in [0.3, 0.4) is 0 Å². The van der Waals surface area contributed by atoms with Crippen LogP contribution >= 0.6 is 11.8 Å². The number of hydrogen-bond donors (Lipinski definition) is 3. The number of amides is 2. The molecule has 20 heavy (non-hydrogen) atoms. The Hall–Kier alpha value is -0.990. The Kier molecular flexibility index (Phi) is 5.50. The van der Waals surface area contributed by atoms with Crippen LogP contribution in [0.15, 0.2) is 0 Å². The number of piperazine rings is 1. The van der Waals surface area contributed by atoms with Gasteiger partial charge in [-0.25, -0.2) is 9.59 Å². The van der Waals surface area contributed by atoms with Gasteiger partial charge in [-0.3, -0.25) is 9.80 Å². The van der Waals surface area contributed by atoms with Crippen molar-refractivity contribution in [2.45, 2.75) is 18.3 Å². The van der Waals surface area contributed by atoms with Gasteiger partial charge in [0.05, 0.1) is 5.37 Å². The van der Waals surface area contributed by atoms with E-state index in [1.165, 1.54) is 16.7 Å². The van der Waals surface area contributed by atoms with Crippen molar-refractivity contribution in [1.82, 2.24) is 20.4 Å². The van der Waals surface area contributed by atoms with Gasteiger partial charge in [-0.2, -0.15) is 0 Å². The highest BCUT2D eigenvalue weighted by Gasteiger charge is 2.39. The molecule has 2 unspecified atom stereocenters. The van der Waals surface area contributed by atoms with E-state index in [-0.39, 0.29) is 11.4 Å². The lowest BCUT2D eigenvalue weighted by Gasteiger charge is -2.28. The van der Waals surface area contributed by atoms with Crippen molar-refractivity contribution in [3.63, 3.8) is 0 Å². The molecule has 2 fully saturated rings. The maximum absolute atomic E-state index is 12.1. The van der Waals surface area contributed by atoms with Crippen LogP contribution in [0.2, 0.25) is 0 Å². The van der Waals surface area contributed by atoms with Crippen molar-refractivity contribution >= 4 is 23.8 Å². The fraction of sp³-hybridized carbons (Fsp3) is 0.833. The molecule has 0 bridgehead atoms. The lowest BCUT2D eigenvalue weighted by atomic mass is 10.3. The molecule has 7 nitrogen and oxygen atoms in total. The molecule has 0 aromatic carbocycles. The number of nitrogens with one attached hydrogen (secondary N) is 2. The average molecular weight is 302 g/mol. The third kappa shape index (κ3) is 3.77. The standard InChI is InChI=1S/C12H22N4O3S/c1-9-16(10(8-20-9)11(17)18)12(19)14-4-7-15-5-2-13-3-6-15/h9-10,13H,2-8H2,1H3,(H,14,19)(H,17,18). The van der Waals surface area contributed by atoms with Crippen LogP contribution in [0.5, 0.6) is 0 Å². The molecule has 2 amide bonds. The lowest BCUT2D eigenvalue weighted by molar-refractivity contribution is -0.141. The summed E-state index contributed by atoms with van der Waals surface area (Å²) in [6, 6.07) is -0.987. The number of carbonyl (C=O) groups is 2. The van der Waals surface area contributed by atoms with Crippen molar-refractivity contribution in [1.29, 1.82) is 0 Å². The molecule has 0 aromatic heterocycles. The number of hydrogen-bond acceptors (Lipinski definition) is 5. The molecule has 0 radical (unpaired) electrons. The van der Waals surface area contributed by atoms with Gasteiger partial charge in [-0.05, 0) is 6.92 Å². The van der Waals surface area contributed by atoms with Gasteiger partial charge < -0.3 is 15.7 Å². The summed E-state index contributed by atoms with van der Waals surface area (Å²) in [6.07, 6.45) is 0. The van der Waals surface area contributed by atoms with Crippen LogP contribution in [-0.2, 0) is 4.79 Å². The normalized spacial score (nSPS) is 27.6. The molecular weight excluding hydrogens is 280 g/mol. The van der Waals surface area contributed by atoms with Gasteiger partial charge in [0.15, 0.2) is 0 Å². The summed E-state index contributed by atoms with van der Waals surface area (Å²) < 4.78 is 0. The molecule has 2 heterocycles. The Morgan fingerprint density at radius 3 is 2.75 bits per heavy atom. The van der Waals surface area contributed by atoms with E-state index in [1.54, 1.807) is 0 Å². The number of nitrogens with zero attached hydrogens (tertiary/aromatic N) is 2. The number of carboxylic acids is 1. The zero-order valence-corrected chi connectivity index (χ0v) is 12.5. The summed E-state index contributed by atoms with van der Waals surface area (Å²) in [6.45, 7) is 7.17. The van der Waals surface area contributed by atoms with E-state index >= 15 is 0 Å². The van der Waals surface area contributed by atoms with E-state index in [1.807, 2.05) is 6.92 Å². The maximum Gasteiger partial charge on any atom is 0.327 e. The smallest absolute Gasteiger partial charge is 0.327 e. The first-order valence-electron chi connectivity index (χ1n) is 6.93. The summed E-state index contributed by atoms with van der Waals surface area (Å²) in [7, 11) is 0. The van der Waals surface area contributed by atoms with E-state index in [0.29, 0.717) is 12.3 Å². The van der Waals surface area contributed by atoms with Crippen LogP contribution in [0, 0.1) is 0 Å². The van der Waals surface area contributed by atoms with Crippen molar-refractivity contribution < 1.29 is 14.7 Å². The molecule has 0 aliphatic carbocycles. The predicted octanol–water partition coefficient (Wildman–Crippen LogP) is -0.551. The lowest BCUT2D eigenvalue weighted by Crippen LogP contribution is -2.51. The molecule has 0 saturated carbocycles. The Bertz CT molecular complexity index is 363. The topological polar surface area (TPSA) is 84.9 Å². The number of rotatable bonds is 4. The fourth-order valence-corrected chi connectivity index (χ4v) is 3.66. The van der Waals surface area contributed by atoms with E-state index in [0.717, 1.165) is 32.7 Å². The van der Waals surface area contributed by atoms with E-state index < -0.39 is 12.0 Å². The molecule has 3 N–H and O–H groups in total. The first-order valence-corrected chi connectivity index (χ1v) is 7.98. The van der Waals surface area contributed by atoms with Crippen molar-refractivity contribution in [2.24, 2.45) is 0 Å². The van der Waals surface area contributed by atoms with Crippen molar-refractivity contribution in [3.8, 4) is 0 Å². The monoisotopic (exact) mass is 302 g/mol. The van der Waals surface area contributed by atoms with Gasteiger partial charge in [-0.1, -0.05) is 0 Å². The zero-order valence-electron chi connectivity index (χ0n) is 11.7. The second kappa shape index (κ2) is 7.14. The van der Waals surface area contributed by atoms with Crippen LogP contribution in [0.25, 0.3) is 0 Å². The zero-order chi connectivity index (χ0) is 14.5. The minimum absolute atomic E-state index is 0.0877. The summed E-state index contributed by atoms with van der Waals surface area (Å²) in [5.41, 5.74) is 0. The summed E-state index contributed by atoms with van der Waals surface area (Å²) in [5, 5.41) is 15.2. The molecule has 2 aliphatic heterocycles. The van der Waals surface area contributed by atoms with Gasteiger partial charge >= 0.3 is 12.0 Å². The van der Waals surface area contributed by atoms with Crippen LogP contribution in [0.1, 0.15) is 6.92 Å². The van der Waals surface area contributed by atoms with Gasteiger partial charge in [0.1, 0.15) is 6.04 Å². The van der Waals surface area contributed by atoms with Crippen LogP contribution in [0.4, 0.5) is 4.79 Å². The molecule has 8 heteroatoms. The maximum atomic E-state index is 12.1. The molecular formula is C12H22N4O3S. The molecule has 2 saturated heterocycles. The predicted molar refractivity (Wildman–Crippen MR) is 77.9 cm³/mol. The highest BCUT2D eigenvalue weighted by Crippen LogP contribution is 2.28. The second-order valence-electron chi connectivity index (χ2n) is 5.02. The quantitative estimate of drug-likeness (QED) is 0.646. The molecule has 0 aromatic rings. The first kappa shape index (κ1) is 15.4. The number of thioether (sulfide) groups is 1. The Labute approximate surface area is 123 Å². The molecule has 2 atom stereocenters. The minimum Gasteiger partial charge on any atom is -0.480 e.